The molecule has 19 heavy (non-hydrogen) atoms. The Hall–Kier alpha value is -1.19. The number of hydrogen-bond donors (Lipinski definition) is 2. The maximum atomic E-state index is 12.1. The summed E-state index contributed by atoms with van der Waals surface area (Å²) in [5.74, 6) is 0.129. The molecule has 1 aromatic heterocycles. The predicted octanol–water partition coefficient (Wildman–Crippen LogP) is 2.38. The van der Waals surface area contributed by atoms with Gasteiger partial charge in [-0.25, -0.2) is 18.4 Å². The van der Waals surface area contributed by atoms with Gasteiger partial charge in [-0.05, 0) is 50.1 Å². The summed E-state index contributed by atoms with van der Waals surface area (Å²) in [6.07, 6.45) is 2.71. The third-order valence-corrected chi connectivity index (χ3v) is 4.62. The van der Waals surface area contributed by atoms with Crippen LogP contribution in [0.2, 0.25) is 0 Å². The number of sulfonamides is 1. The molecule has 0 unspecified atom stereocenters. The zero-order chi connectivity index (χ0) is 14.0. The lowest BCUT2D eigenvalue weighted by Crippen LogP contribution is -2.14. The van der Waals surface area contributed by atoms with Crippen LogP contribution in [0.15, 0.2) is 44.6 Å². The molecule has 0 fully saturated rings. The SMILES string of the molecule is Nc1cc(S(=O)(=O)Nc2cnc(Br)cn2)ccc1Br. The molecule has 1 aromatic carbocycles. The van der Waals surface area contributed by atoms with Crippen molar-refractivity contribution in [2.24, 2.45) is 0 Å². The smallest absolute Gasteiger partial charge is 0.263 e. The molecule has 0 aliphatic heterocycles. The molecular formula is C10H8Br2N4O2S. The van der Waals surface area contributed by atoms with Crippen LogP contribution in [0.5, 0.6) is 0 Å². The van der Waals surface area contributed by atoms with Crippen molar-refractivity contribution < 1.29 is 8.42 Å². The Balaban J connectivity index is 2.32. The Morgan fingerprint density at radius 3 is 2.47 bits per heavy atom. The van der Waals surface area contributed by atoms with Gasteiger partial charge >= 0.3 is 0 Å². The van der Waals surface area contributed by atoms with Gasteiger partial charge in [-0.3, -0.25) is 4.72 Å². The van der Waals surface area contributed by atoms with Gasteiger partial charge in [0.15, 0.2) is 5.82 Å². The fourth-order valence-electron chi connectivity index (χ4n) is 1.25. The summed E-state index contributed by atoms with van der Waals surface area (Å²) in [7, 11) is -3.73. The first-order valence-corrected chi connectivity index (χ1v) is 8.01. The molecule has 0 saturated heterocycles. The van der Waals surface area contributed by atoms with Crippen LogP contribution in [0.4, 0.5) is 11.5 Å². The molecule has 9 heteroatoms. The summed E-state index contributed by atoms with van der Waals surface area (Å²) in [5, 5.41) is 0. The van der Waals surface area contributed by atoms with Crippen molar-refractivity contribution in [3.63, 3.8) is 0 Å². The lowest BCUT2D eigenvalue weighted by molar-refractivity contribution is 0.601. The van der Waals surface area contributed by atoms with Crippen LogP contribution in [-0.4, -0.2) is 18.4 Å². The highest BCUT2D eigenvalue weighted by Gasteiger charge is 2.16. The first-order valence-electron chi connectivity index (χ1n) is 4.94. The second-order valence-corrected chi connectivity index (χ2v) is 6.86. The van der Waals surface area contributed by atoms with Gasteiger partial charge in [0, 0.05) is 10.2 Å². The Morgan fingerprint density at radius 2 is 1.89 bits per heavy atom. The number of nitrogens with two attached hydrogens (primary N) is 1. The lowest BCUT2D eigenvalue weighted by atomic mass is 10.3. The van der Waals surface area contributed by atoms with E-state index in [1.54, 1.807) is 6.07 Å². The van der Waals surface area contributed by atoms with Crippen molar-refractivity contribution in [3.05, 3.63) is 39.7 Å². The molecule has 1 heterocycles. The van der Waals surface area contributed by atoms with E-state index >= 15 is 0 Å². The number of anilines is 2. The van der Waals surface area contributed by atoms with Gasteiger partial charge in [0.1, 0.15) is 4.60 Å². The fourth-order valence-corrected chi connectivity index (χ4v) is 2.73. The van der Waals surface area contributed by atoms with Crippen molar-refractivity contribution in [1.29, 1.82) is 0 Å². The molecule has 2 aromatic rings. The Bertz CT molecular complexity index is 704. The number of halogens is 2. The largest absolute Gasteiger partial charge is 0.398 e. The van der Waals surface area contributed by atoms with Gasteiger partial charge in [-0.2, -0.15) is 0 Å². The van der Waals surface area contributed by atoms with E-state index in [2.05, 4.69) is 46.5 Å². The molecule has 6 nitrogen and oxygen atoms in total. The zero-order valence-electron chi connectivity index (χ0n) is 9.34. The Morgan fingerprint density at radius 1 is 1.16 bits per heavy atom. The van der Waals surface area contributed by atoms with Gasteiger partial charge in [0.25, 0.3) is 10.0 Å². The van der Waals surface area contributed by atoms with E-state index in [0.29, 0.717) is 14.8 Å². The number of hydrogen-bond acceptors (Lipinski definition) is 5. The molecule has 0 aliphatic rings. The Labute approximate surface area is 126 Å². The average Bonchev–Trinajstić information content (AvgIpc) is 2.35. The van der Waals surface area contributed by atoms with Crippen LogP contribution in [0.25, 0.3) is 0 Å². The van der Waals surface area contributed by atoms with Crippen molar-refractivity contribution in [1.82, 2.24) is 9.97 Å². The number of aromatic nitrogens is 2. The molecule has 0 atom stereocenters. The normalized spacial score (nSPS) is 11.3. The topological polar surface area (TPSA) is 98.0 Å². The lowest BCUT2D eigenvalue weighted by Gasteiger charge is -2.08. The van der Waals surface area contributed by atoms with Crippen LogP contribution in [-0.2, 0) is 10.0 Å². The molecule has 0 radical (unpaired) electrons. The molecular weight excluding hydrogens is 400 g/mol. The van der Waals surface area contributed by atoms with Crippen LogP contribution in [0.1, 0.15) is 0 Å². The number of nitrogens with zero attached hydrogens (tertiary/aromatic N) is 2. The molecule has 0 spiro atoms. The minimum atomic E-state index is -3.73. The average molecular weight is 408 g/mol. The highest BCUT2D eigenvalue weighted by molar-refractivity contribution is 9.10. The minimum absolute atomic E-state index is 0.0536. The Kier molecular flexibility index (Phi) is 4.07. The van der Waals surface area contributed by atoms with Crippen LogP contribution in [0.3, 0.4) is 0 Å². The van der Waals surface area contributed by atoms with Crippen LogP contribution in [0, 0.1) is 0 Å². The fraction of sp³-hybridized carbons (Fsp3) is 0. The van der Waals surface area contributed by atoms with E-state index in [4.69, 9.17) is 5.73 Å². The summed E-state index contributed by atoms with van der Waals surface area (Å²) in [4.78, 5) is 7.83. The van der Waals surface area contributed by atoms with Gasteiger partial charge < -0.3 is 5.73 Å². The second-order valence-electron chi connectivity index (χ2n) is 3.51. The molecule has 100 valence electrons. The summed E-state index contributed by atoms with van der Waals surface area (Å²) < 4.78 is 27.6. The minimum Gasteiger partial charge on any atom is -0.398 e. The zero-order valence-corrected chi connectivity index (χ0v) is 13.3. The molecule has 0 amide bonds. The predicted molar refractivity (Wildman–Crippen MR) is 79.1 cm³/mol. The summed E-state index contributed by atoms with van der Waals surface area (Å²) in [6.45, 7) is 0. The quantitative estimate of drug-likeness (QED) is 0.761. The highest BCUT2D eigenvalue weighted by Crippen LogP contribution is 2.23. The monoisotopic (exact) mass is 406 g/mol. The first-order chi connectivity index (χ1) is 8.88. The number of nitrogen functional groups attached to an aromatic ring is 1. The first kappa shape index (κ1) is 14.2. The highest BCUT2D eigenvalue weighted by atomic mass is 79.9. The van der Waals surface area contributed by atoms with Crippen LogP contribution < -0.4 is 10.5 Å². The van der Waals surface area contributed by atoms with E-state index in [0.717, 1.165) is 0 Å². The summed E-state index contributed by atoms with van der Waals surface area (Å²) >= 11 is 6.32. The van der Waals surface area contributed by atoms with E-state index < -0.39 is 10.0 Å². The van der Waals surface area contributed by atoms with Crippen molar-refractivity contribution >= 4 is 53.4 Å². The third kappa shape index (κ3) is 3.43. The molecule has 0 aliphatic carbocycles. The van der Waals surface area contributed by atoms with E-state index in [-0.39, 0.29) is 10.7 Å². The molecule has 0 saturated carbocycles. The summed E-state index contributed by atoms with van der Waals surface area (Å²) in [6, 6.07) is 4.37. The molecule has 2 rings (SSSR count). The van der Waals surface area contributed by atoms with Gasteiger partial charge in [0.05, 0.1) is 17.3 Å². The van der Waals surface area contributed by atoms with Crippen LogP contribution >= 0.6 is 31.9 Å². The molecule has 0 bridgehead atoms. The molecule has 3 N–H and O–H groups in total. The maximum Gasteiger partial charge on any atom is 0.263 e. The summed E-state index contributed by atoms with van der Waals surface area (Å²) in [5.41, 5.74) is 6.00. The van der Waals surface area contributed by atoms with Gasteiger partial charge in [-0.1, -0.05) is 0 Å². The van der Waals surface area contributed by atoms with E-state index in [9.17, 15) is 8.42 Å². The maximum absolute atomic E-state index is 12.1. The second kappa shape index (κ2) is 5.43. The van der Waals surface area contributed by atoms with Gasteiger partial charge in [0.2, 0.25) is 0 Å². The third-order valence-electron chi connectivity index (χ3n) is 2.14. The number of rotatable bonds is 3. The standard InChI is InChI=1S/C10H8Br2N4O2S/c11-7-2-1-6(3-8(7)13)19(17,18)16-10-5-14-9(12)4-15-10/h1-5H,13H2,(H,15,16). The van der Waals surface area contributed by atoms with E-state index in [1.165, 1.54) is 24.5 Å². The van der Waals surface area contributed by atoms with Crippen molar-refractivity contribution in [3.8, 4) is 0 Å². The number of benzene rings is 1. The van der Waals surface area contributed by atoms with Crippen molar-refractivity contribution in [2.45, 2.75) is 4.90 Å². The number of nitrogens with one attached hydrogen (secondary N) is 1. The van der Waals surface area contributed by atoms with Gasteiger partial charge in [-0.15, -0.1) is 0 Å². The van der Waals surface area contributed by atoms with Crippen molar-refractivity contribution in [2.75, 3.05) is 10.5 Å². The van der Waals surface area contributed by atoms with E-state index in [1.807, 2.05) is 0 Å².